The molecule has 1 unspecified atom stereocenters. The maximum atomic E-state index is 5.83. The Kier molecular flexibility index (Phi) is 5.68. The van der Waals surface area contributed by atoms with Crippen molar-refractivity contribution < 1.29 is 14.2 Å². The normalized spacial score (nSPS) is 15.9. The lowest BCUT2D eigenvalue weighted by Gasteiger charge is -2.14. The van der Waals surface area contributed by atoms with Gasteiger partial charge in [-0.1, -0.05) is 6.07 Å². The zero-order valence-electron chi connectivity index (χ0n) is 12.6. The van der Waals surface area contributed by atoms with E-state index in [1.54, 1.807) is 14.2 Å². The largest absolute Gasteiger partial charge is 0.493 e. The van der Waals surface area contributed by atoms with Gasteiger partial charge in [0, 0.05) is 26.1 Å². The Hall–Kier alpha value is -1.26. The van der Waals surface area contributed by atoms with Crippen molar-refractivity contribution in [1.29, 1.82) is 0 Å². The molecule has 0 spiro atoms. The summed E-state index contributed by atoms with van der Waals surface area (Å²) in [6.45, 7) is 3.56. The molecular formula is C16H25NO3. The lowest BCUT2D eigenvalue weighted by Crippen LogP contribution is -2.15. The van der Waals surface area contributed by atoms with Crippen molar-refractivity contribution in [2.45, 2.75) is 44.9 Å². The zero-order valence-corrected chi connectivity index (χ0v) is 12.6. The lowest BCUT2D eigenvalue weighted by molar-refractivity contribution is 0.0950. The Bertz CT molecular complexity index is 418. The van der Waals surface area contributed by atoms with Gasteiger partial charge in [0.1, 0.15) is 0 Å². The summed E-state index contributed by atoms with van der Waals surface area (Å²) in [5, 5.41) is 3.50. The molecular weight excluding hydrogens is 254 g/mol. The highest BCUT2D eigenvalue weighted by Crippen LogP contribution is 2.29. The van der Waals surface area contributed by atoms with Gasteiger partial charge in [-0.15, -0.1) is 0 Å². The maximum absolute atomic E-state index is 5.83. The van der Waals surface area contributed by atoms with Crippen molar-refractivity contribution in [1.82, 2.24) is 5.32 Å². The third kappa shape index (κ3) is 4.69. The van der Waals surface area contributed by atoms with E-state index >= 15 is 0 Å². The molecule has 0 aromatic heterocycles. The Morgan fingerprint density at radius 2 is 2.05 bits per heavy atom. The number of hydrogen-bond donors (Lipinski definition) is 1. The predicted octanol–water partition coefficient (Wildman–Crippen LogP) is 2.75. The van der Waals surface area contributed by atoms with Crippen molar-refractivity contribution in [3.8, 4) is 11.5 Å². The SMILES string of the molecule is COc1ccc(CNC2CC2)cc1OCCC(C)OC. The second kappa shape index (κ2) is 7.50. The van der Waals surface area contributed by atoms with Crippen molar-refractivity contribution in [3.63, 3.8) is 0 Å². The molecule has 1 fully saturated rings. The maximum Gasteiger partial charge on any atom is 0.161 e. The summed E-state index contributed by atoms with van der Waals surface area (Å²) < 4.78 is 16.4. The molecule has 0 amide bonds. The Morgan fingerprint density at radius 1 is 1.25 bits per heavy atom. The third-order valence-electron chi connectivity index (χ3n) is 3.58. The molecule has 20 heavy (non-hydrogen) atoms. The van der Waals surface area contributed by atoms with Crippen molar-refractivity contribution >= 4 is 0 Å². The van der Waals surface area contributed by atoms with E-state index in [1.165, 1.54) is 18.4 Å². The fourth-order valence-corrected chi connectivity index (χ4v) is 1.95. The van der Waals surface area contributed by atoms with E-state index in [9.17, 15) is 0 Å². The van der Waals surface area contributed by atoms with Crippen LogP contribution in [0.1, 0.15) is 31.7 Å². The number of ether oxygens (including phenoxy) is 3. The second-order valence-corrected chi connectivity index (χ2v) is 5.32. The van der Waals surface area contributed by atoms with E-state index in [0.29, 0.717) is 12.6 Å². The fraction of sp³-hybridized carbons (Fsp3) is 0.625. The van der Waals surface area contributed by atoms with Crippen LogP contribution in [0.5, 0.6) is 11.5 Å². The van der Waals surface area contributed by atoms with E-state index in [2.05, 4.69) is 17.4 Å². The van der Waals surface area contributed by atoms with E-state index in [-0.39, 0.29) is 6.10 Å². The molecule has 1 aromatic carbocycles. The predicted molar refractivity (Wildman–Crippen MR) is 79.4 cm³/mol. The van der Waals surface area contributed by atoms with Crippen molar-refractivity contribution in [3.05, 3.63) is 23.8 Å². The molecule has 1 saturated carbocycles. The number of hydrogen-bond acceptors (Lipinski definition) is 4. The molecule has 1 aromatic rings. The standard InChI is InChI=1S/C16H25NO3/c1-12(18-2)8-9-20-16-10-13(4-7-15(16)19-3)11-17-14-5-6-14/h4,7,10,12,14,17H,5-6,8-9,11H2,1-3H3. The summed E-state index contributed by atoms with van der Waals surface area (Å²) in [6, 6.07) is 6.83. The van der Waals surface area contributed by atoms with Crippen LogP contribution in [-0.2, 0) is 11.3 Å². The molecule has 0 heterocycles. The summed E-state index contributed by atoms with van der Waals surface area (Å²) in [4.78, 5) is 0. The molecule has 0 radical (unpaired) electrons. The first-order chi connectivity index (χ1) is 9.72. The highest BCUT2D eigenvalue weighted by Gasteiger charge is 2.20. The molecule has 1 aliphatic carbocycles. The Balaban J connectivity index is 1.90. The van der Waals surface area contributed by atoms with Gasteiger partial charge in [0.25, 0.3) is 0 Å². The average molecular weight is 279 g/mol. The first-order valence-corrected chi connectivity index (χ1v) is 7.29. The van der Waals surface area contributed by atoms with Gasteiger partial charge in [-0.05, 0) is 37.5 Å². The zero-order chi connectivity index (χ0) is 14.4. The number of nitrogens with one attached hydrogen (secondary N) is 1. The van der Waals surface area contributed by atoms with Gasteiger partial charge in [-0.3, -0.25) is 0 Å². The Labute approximate surface area is 121 Å². The van der Waals surface area contributed by atoms with Crippen LogP contribution in [0.15, 0.2) is 18.2 Å². The van der Waals surface area contributed by atoms with Crippen LogP contribution in [-0.4, -0.2) is 33.0 Å². The Morgan fingerprint density at radius 3 is 2.70 bits per heavy atom. The summed E-state index contributed by atoms with van der Waals surface area (Å²) in [6.07, 6.45) is 3.67. The number of rotatable bonds is 9. The fourth-order valence-electron chi connectivity index (χ4n) is 1.95. The van der Waals surface area contributed by atoms with Crippen LogP contribution in [0.4, 0.5) is 0 Å². The summed E-state index contributed by atoms with van der Waals surface area (Å²) in [5.41, 5.74) is 1.23. The minimum Gasteiger partial charge on any atom is -0.493 e. The van der Waals surface area contributed by atoms with Crippen molar-refractivity contribution in [2.24, 2.45) is 0 Å². The topological polar surface area (TPSA) is 39.7 Å². The summed E-state index contributed by atoms with van der Waals surface area (Å²) in [7, 11) is 3.39. The van der Waals surface area contributed by atoms with Gasteiger partial charge in [0.15, 0.2) is 11.5 Å². The van der Waals surface area contributed by atoms with Gasteiger partial charge in [0.05, 0.1) is 19.8 Å². The van der Waals surface area contributed by atoms with Gasteiger partial charge >= 0.3 is 0 Å². The van der Waals surface area contributed by atoms with Crippen molar-refractivity contribution in [2.75, 3.05) is 20.8 Å². The highest BCUT2D eigenvalue weighted by atomic mass is 16.5. The van der Waals surface area contributed by atoms with Crippen LogP contribution in [0.2, 0.25) is 0 Å². The van der Waals surface area contributed by atoms with E-state index < -0.39 is 0 Å². The van der Waals surface area contributed by atoms with Crippen LogP contribution in [0, 0.1) is 0 Å². The molecule has 1 aliphatic rings. The molecule has 2 rings (SSSR count). The molecule has 0 aliphatic heterocycles. The third-order valence-corrected chi connectivity index (χ3v) is 3.58. The lowest BCUT2D eigenvalue weighted by atomic mass is 10.2. The highest BCUT2D eigenvalue weighted by molar-refractivity contribution is 5.43. The molecule has 4 heteroatoms. The first-order valence-electron chi connectivity index (χ1n) is 7.29. The molecule has 4 nitrogen and oxygen atoms in total. The molecule has 0 saturated heterocycles. The summed E-state index contributed by atoms with van der Waals surface area (Å²) in [5.74, 6) is 1.59. The number of methoxy groups -OCH3 is 2. The van der Waals surface area contributed by atoms with Gasteiger partial charge < -0.3 is 19.5 Å². The van der Waals surface area contributed by atoms with E-state index in [1.807, 2.05) is 13.0 Å². The quantitative estimate of drug-likeness (QED) is 0.754. The monoisotopic (exact) mass is 279 g/mol. The number of benzene rings is 1. The van der Waals surface area contributed by atoms with Crippen LogP contribution >= 0.6 is 0 Å². The minimum atomic E-state index is 0.209. The smallest absolute Gasteiger partial charge is 0.161 e. The average Bonchev–Trinajstić information content (AvgIpc) is 3.29. The van der Waals surface area contributed by atoms with Gasteiger partial charge in [0.2, 0.25) is 0 Å². The first kappa shape index (κ1) is 15.1. The van der Waals surface area contributed by atoms with Crippen LogP contribution in [0.3, 0.4) is 0 Å². The minimum absolute atomic E-state index is 0.209. The van der Waals surface area contributed by atoms with E-state index in [0.717, 1.165) is 24.5 Å². The molecule has 112 valence electrons. The van der Waals surface area contributed by atoms with Crippen LogP contribution in [0.25, 0.3) is 0 Å². The van der Waals surface area contributed by atoms with Gasteiger partial charge in [-0.25, -0.2) is 0 Å². The molecule has 1 N–H and O–H groups in total. The molecule has 1 atom stereocenters. The van der Waals surface area contributed by atoms with E-state index in [4.69, 9.17) is 14.2 Å². The van der Waals surface area contributed by atoms with Crippen LogP contribution < -0.4 is 14.8 Å². The summed E-state index contributed by atoms with van der Waals surface area (Å²) >= 11 is 0. The van der Waals surface area contributed by atoms with Gasteiger partial charge in [-0.2, -0.15) is 0 Å². The second-order valence-electron chi connectivity index (χ2n) is 5.32. The molecule has 0 bridgehead atoms.